The zero-order valence-electron chi connectivity index (χ0n) is 14.2. The summed E-state index contributed by atoms with van der Waals surface area (Å²) >= 11 is 0. The van der Waals surface area contributed by atoms with Crippen LogP contribution in [0.1, 0.15) is 24.8 Å². The summed E-state index contributed by atoms with van der Waals surface area (Å²) in [6, 6.07) is 5.94. The number of amides is 2. The van der Waals surface area contributed by atoms with Crippen LogP contribution in [-0.2, 0) is 0 Å². The van der Waals surface area contributed by atoms with E-state index in [1.54, 1.807) is 0 Å². The van der Waals surface area contributed by atoms with Crippen LogP contribution in [0.15, 0.2) is 18.2 Å². The number of nitrogens with one attached hydrogen (secondary N) is 2. The molecular formula is C18H27N3O2. The third-order valence-electron chi connectivity index (χ3n) is 5.57. The molecule has 3 rings (SSSR count). The van der Waals surface area contributed by atoms with Gasteiger partial charge in [-0.1, -0.05) is 0 Å². The smallest absolute Gasteiger partial charge is 0.319 e. The van der Waals surface area contributed by atoms with Crippen LogP contribution in [0.4, 0.5) is 16.2 Å². The van der Waals surface area contributed by atoms with Crippen LogP contribution in [0.2, 0.25) is 0 Å². The van der Waals surface area contributed by atoms with Gasteiger partial charge in [-0.05, 0) is 61.8 Å². The zero-order chi connectivity index (χ0) is 16.6. The molecule has 23 heavy (non-hydrogen) atoms. The lowest BCUT2D eigenvalue weighted by Gasteiger charge is -2.30. The van der Waals surface area contributed by atoms with Crippen molar-refractivity contribution in [3.05, 3.63) is 23.8 Å². The second-order valence-electron chi connectivity index (χ2n) is 7.20. The highest BCUT2D eigenvalue weighted by Gasteiger charge is 2.47. The molecule has 3 N–H and O–H groups in total. The molecule has 0 heterocycles. The van der Waals surface area contributed by atoms with E-state index in [1.165, 1.54) is 12.8 Å². The Morgan fingerprint density at radius 3 is 2.70 bits per heavy atom. The second-order valence-corrected chi connectivity index (χ2v) is 7.20. The first-order valence-corrected chi connectivity index (χ1v) is 8.46. The maximum absolute atomic E-state index is 12.4. The van der Waals surface area contributed by atoms with Crippen molar-refractivity contribution in [1.82, 2.24) is 5.32 Å². The largest absolute Gasteiger partial charge is 0.396 e. The second kappa shape index (κ2) is 6.40. The van der Waals surface area contributed by atoms with Crippen LogP contribution in [-0.4, -0.2) is 37.9 Å². The maximum atomic E-state index is 12.4. The van der Waals surface area contributed by atoms with Crippen molar-refractivity contribution in [3.63, 3.8) is 0 Å². The Morgan fingerprint density at radius 1 is 1.30 bits per heavy atom. The quantitative estimate of drug-likeness (QED) is 0.800. The number of carbonyl (C=O) groups excluding carboxylic acids is 1. The minimum atomic E-state index is -0.165. The van der Waals surface area contributed by atoms with Crippen LogP contribution in [0.3, 0.4) is 0 Å². The molecule has 2 bridgehead atoms. The monoisotopic (exact) mass is 317 g/mol. The number of rotatable bonds is 4. The van der Waals surface area contributed by atoms with Crippen LogP contribution in [0, 0.1) is 24.7 Å². The summed E-state index contributed by atoms with van der Waals surface area (Å²) in [5.41, 5.74) is 2.98. The third kappa shape index (κ3) is 3.15. The van der Waals surface area contributed by atoms with Crippen molar-refractivity contribution in [3.8, 4) is 0 Å². The zero-order valence-corrected chi connectivity index (χ0v) is 14.2. The molecule has 2 saturated carbocycles. The van der Waals surface area contributed by atoms with E-state index in [4.69, 9.17) is 0 Å². The van der Waals surface area contributed by atoms with Crippen LogP contribution >= 0.6 is 0 Å². The summed E-state index contributed by atoms with van der Waals surface area (Å²) in [6.07, 6.45) is 3.51. The number of carbonyl (C=O) groups is 1. The van der Waals surface area contributed by atoms with E-state index in [-0.39, 0.29) is 24.6 Å². The number of aliphatic hydroxyl groups is 1. The normalized spacial score (nSPS) is 28.7. The van der Waals surface area contributed by atoms with E-state index < -0.39 is 0 Å². The molecule has 2 aliphatic carbocycles. The Kier molecular flexibility index (Phi) is 4.48. The Labute approximate surface area is 138 Å². The average Bonchev–Trinajstić information content (AvgIpc) is 3.10. The van der Waals surface area contributed by atoms with Gasteiger partial charge in [0.1, 0.15) is 0 Å². The molecule has 0 saturated heterocycles. The van der Waals surface area contributed by atoms with Gasteiger partial charge in [-0.15, -0.1) is 0 Å². The topological polar surface area (TPSA) is 64.6 Å². The van der Waals surface area contributed by atoms with E-state index in [1.807, 2.05) is 38.1 Å². The first-order valence-electron chi connectivity index (χ1n) is 8.46. The molecule has 2 fully saturated rings. The molecule has 126 valence electrons. The summed E-state index contributed by atoms with van der Waals surface area (Å²) in [4.78, 5) is 14.4. The molecule has 0 aliphatic heterocycles. The molecule has 0 radical (unpaired) electrons. The number of urea groups is 1. The number of anilines is 2. The maximum Gasteiger partial charge on any atom is 0.319 e. The number of aryl methyl sites for hydroxylation is 1. The highest BCUT2D eigenvalue weighted by atomic mass is 16.3. The predicted octanol–water partition coefficient (Wildman–Crippen LogP) is 2.59. The van der Waals surface area contributed by atoms with E-state index >= 15 is 0 Å². The van der Waals surface area contributed by atoms with Crippen LogP contribution < -0.4 is 15.5 Å². The minimum Gasteiger partial charge on any atom is -0.396 e. The van der Waals surface area contributed by atoms with Crippen molar-refractivity contribution in [1.29, 1.82) is 0 Å². The fraction of sp³-hybridized carbons (Fsp3) is 0.611. The van der Waals surface area contributed by atoms with Crippen molar-refractivity contribution in [2.45, 2.75) is 32.2 Å². The van der Waals surface area contributed by atoms with E-state index in [9.17, 15) is 9.90 Å². The molecule has 4 atom stereocenters. The van der Waals surface area contributed by atoms with Crippen molar-refractivity contribution in [2.24, 2.45) is 17.8 Å². The lowest BCUT2D eigenvalue weighted by Crippen LogP contribution is -2.46. The molecule has 5 heteroatoms. The number of nitrogens with zero attached hydrogens (tertiary/aromatic N) is 1. The van der Waals surface area contributed by atoms with Gasteiger partial charge < -0.3 is 20.6 Å². The molecule has 4 unspecified atom stereocenters. The van der Waals surface area contributed by atoms with Gasteiger partial charge in [0.25, 0.3) is 0 Å². The van der Waals surface area contributed by atoms with Crippen molar-refractivity contribution in [2.75, 3.05) is 30.9 Å². The van der Waals surface area contributed by atoms with Crippen molar-refractivity contribution < 1.29 is 9.90 Å². The lowest BCUT2D eigenvalue weighted by atomic mass is 9.85. The SMILES string of the molecule is Cc1cc(N(C)C)ccc1NC(=O)NC1C2CCC(C2)C1CO. The summed E-state index contributed by atoms with van der Waals surface area (Å²) in [7, 11) is 4.00. The lowest BCUT2D eigenvalue weighted by molar-refractivity contribution is 0.146. The van der Waals surface area contributed by atoms with Gasteiger partial charge in [0.2, 0.25) is 0 Å². The molecule has 1 aromatic rings. The summed E-state index contributed by atoms with van der Waals surface area (Å²) in [5.74, 6) is 1.33. The fourth-order valence-electron chi connectivity index (χ4n) is 4.27. The Morgan fingerprint density at radius 2 is 2.04 bits per heavy atom. The first kappa shape index (κ1) is 16.1. The number of benzene rings is 1. The highest BCUT2D eigenvalue weighted by molar-refractivity contribution is 5.90. The molecule has 0 aromatic heterocycles. The molecular weight excluding hydrogens is 290 g/mol. The Hall–Kier alpha value is -1.75. The van der Waals surface area contributed by atoms with E-state index in [2.05, 4.69) is 16.7 Å². The van der Waals surface area contributed by atoms with Gasteiger partial charge in [-0.2, -0.15) is 0 Å². The van der Waals surface area contributed by atoms with Gasteiger partial charge in [-0.25, -0.2) is 4.79 Å². The highest BCUT2D eigenvalue weighted by Crippen LogP contribution is 2.48. The van der Waals surface area contributed by atoms with Gasteiger partial charge >= 0.3 is 6.03 Å². The van der Waals surface area contributed by atoms with E-state index in [0.29, 0.717) is 11.8 Å². The minimum absolute atomic E-state index is 0.111. The molecule has 2 aliphatic rings. The van der Waals surface area contributed by atoms with Gasteiger partial charge in [0.15, 0.2) is 0 Å². The first-order chi connectivity index (χ1) is 11.0. The molecule has 1 aromatic carbocycles. The number of aliphatic hydroxyl groups excluding tert-OH is 1. The van der Waals surface area contributed by atoms with Crippen LogP contribution in [0.25, 0.3) is 0 Å². The molecule has 2 amide bonds. The summed E-state index contributed by atoms with van der Waals surface area (Å²) in [5, 5.41) is 15.7. The van der Waals surface area contributed by atoms with Gasteiger partial charge in [0, 0.05) is 44.0 Å². The van der Waals surface area contributed by atoms with Gasteiger partial charge in [0.05, 0.1) is 0 Å². The third-order valence-corrected chi connectivity index (χ3v) is 5.57. The molecule has 0 spiro atoms. The fourth-order valence-corrected chi connectivity index (χ4v) is 4.27. The summed E-state index contributed by atoms with van der Waals surface area (Å²) < 4.78 is 0. The van der Waals surface area contributed by atoms with Crippen molar-refractivity contribution >= 4 is 17.4 Å². The van der Waals surface area contributed by atoms with Crippen LogP contribution in [0.5, 0.6) is 0 Å². The summed E-state index contributed by atoms with van der Waals surface area (Å²) in [6.45, 7) is 2.17. The van der Waals surface area contributed by atoms with Gasteiger partial charge in [-0.3, -0.25) is 0 Å². The number of fused-ring (bicyclic) bond motifs is 2. The Bertz CT molecular complexity index is 588. The van der Waals surface area contributed by atoms with E-state index in [0.717, 1.165) is 23.4 Å². The Balaban J connectivity index is 1.63. The number of hydrogen-bond donors (Lipinski definition) is 3. The molecule has 5 nitrogen and oxygen atoms in total. The average molecular weight is 317 g/mol. The number of hydrogen-bond acceptors (Lipinski definition) is 3. The standard InChI is InChI=1S/C18H27N3O2/c1-11-8-14(21(2)3)6-7-16(11)19-18(23)20-17-13-5-4-12(9-13)15(17)10-22/h6-8,12-13,15,17,22H,4-5,9-10H2,1-3H3,(H2,19,20,23). The predicted molar refractivity (Wildman–Crippen MR) is 92.9 cm³/mol.